The first kappa shape index (κ1) is 19.1. The molecule has 29 heavy (non-hydrogen) atoms. The Morgan fingerprint density at radius 2 is 2.00 bits per heavy atom. The number of carbonyl (C=O) groups excluding carboxylic acids is 1. The molecule has 0 aliphatic carbocycles. The van der Waals surface area contributed by atoms with Gasteiger partial charge in [-0.25, -0.2) is 4.39 Å². The quantitative estimate of drug-likeness (QED) is 0.666. The summed E-state index contributed by atoms with van der Waals surface area (Å²) in [6.07, 6.45) is 2.20. The molecule has 4 nitrogen and oxygen atoms in total. The summed E-state index contributed by atoms with van der Waals surface area (Å²) in [5.74, 6) is 0.289. The van der Waals surface area contributed by atoms with Crippen LogP contribution >= 0.6 is 0 Å². The van der Waals surface area contributed by atoms with Crippen LogP contribution in [0.1, 0.15) is 47.8 Å². The Hall–Kier alpha value is -3.21. The van der Waals surface area contributed by atoms with Gasteiger partial charge in [0.2, 0.25) is 0 Å². The fourth-order valence-corrected chi connectivity index (χ4v) is 3.69. The average molecular weight is 390 g/mol. The van der Waals surface area contributed by atoms with E-state index in [9.17, 15) is 9.18 Å². The van der Waals surface area contributed by atoms with Crippen LogP contribution in [0.3, 0.4) is 0 Å². The van der Waals surface area contributed by atoms with E-state index in [4.69, 9.17) is 4.74 Å². The molecule has 1 aromatic heterocycles. The van der Waals surface area contributed by atoms with Crippen molar-refractivity contribution in [2.75, 3.05) is 0 Å². The lowest BCUT2D eigenvalue weighted by Gasteiger charge is -2.38. The third-order valence-electron chi connectivity index (χ3n) is 5.07. The number of carbonyl (C=O) groups is 1. The Balaban J connectivity index is 1.56. The lowest BCUT2D eigenvalue weighted by molar-refractivity contribution is 0.0619. The zero-order valence-electron chi connectivity index (χ0n) is 16.7. The first-order chi connectivity index (χ1) is 13.8. The number of fused-ring (bicyclic) bond motifs is 1. The smallest absolute Gasteiger partial charge is 0.253 e. The summed E-state index contributed by atoms with van der Waals surface area (Å²) < 4.78 is 19.5. The van der Waals surface area contributed by atoms with E-state index in [1.165, 1.54) is 18.3 Å². The Bertz CT molecular complexity index is 1060. The number of hydrogen-bond donors (Lipinski definition) is 1. The summed E-state index contributed by atoms with van der Waals surface area (Å²) in [6, 6.07) is 15.6. The first-order valence-electron chi connectivity index (χ1n) is 9.63. The van der Waals surface area contributed by atoms with Gasteiger partial charge in [-0.2, -0.15) is 0 Å². The molecule has 3 aromatic rings. The number of benzene rings is 2. The monoisotopic (exact) mass is 390 g/mol. The van der Waals surface area contributed by atoms with Crippen molar-refractivity contribution >= 4 is 5.91 Å². The van der Waals surface area contributed by atoms with E-state index >= 15 is 0 Å². The molecule has 0 spiro atoms. The zero-order chi connectivity index (χ0) is 20.6. The SMILES string of the molecule is Cc1ccc2c(c1)C(NC(=O)c1ccc(-c3cccc(F)c3)nc1)CC(C)(C)O2. The molecule has 2 heterocycles. The largest absolute Gasteiger partial charge is 0.487 e. The second-order valence-corrected chi connectivity index (χ2v) is 8.08. The summed E-state index contributed by atoms with van der Waals surface area (Å²) >= 11 is 0. The molecule has 1 amide bonds. The predicted molar refractivity (Wildman–Crippen MR) is 110 cm³/mol. The van der Waals surface area contributed by atoms with Gasteiger partial charge in [0.1, 0.15) is 17.2 Å². The number of nitrogens with zero attached hydrogens (tertiary/aromatic N) is 1. The van der Waals surface area contributed by atoms with Gasteiger partial charge in [0.15, 0.2) is 0 Å². The van der Waals surface area contributed by atoms with Gasteiger partial charge in [-0.05, 0) is 51.1 Å². The van der Waals surface area contributed by atoms with Crippen LogP contribution in [0.15, 0.2) is 60.8 Å². The molecule has 0 fully saturated rings. The van der Waals surface area contributed by atoms with E-state index < -0.39 is 0 Å². The predicted octanol–water partition coefficient (Wildman–Crippen LogP) is 5.23. The zero-order valence-corrected chi connectivity index (χ0v) is 16.7. The fourth-order valence-electron chi connectivity index (χ4n) is 3.69. The Morgan fingerprint density at radius 1 is 1.17 bits per heavy atom. The first-order valence-corrected chi connectivity index (χ1v) is 9.63. The average Bonchev–Trinajstić information content (AvgIpc) is 2.68. The van der Waals surface area contributed by atoms with Crippen molar-refractivity contribution in [3.8, 4) is 17.0 Å². The van der Waals surface area contributed by atoms with Crippen LogP contribution in [0.25, 0.3) is 11.3 Å². The third kappa shape index (κ3) is 4.14. The maximum absolute atomic E-state index is 13.4. The number of nitrogens with one attached hydrogen (secondary N) is 1. The Morgan fingerprint density at radius 3 is 2.72 bits per heavy atom. The van der Waals surface area contributed by atoms with E-state index in [0.29, 0.717) is 23.2 Å². The molecule has 4 rings (SSSR count). The molecular weight excluding hydrogens is 367 g/mol. The van der Waals surface area contributed by atoms with E-state index in [1.807, 2.05) is 32.9 Å². The fraction of sp³-hybridized carbons (Fsp3) is 0.250. The summed E-state index contributed by atoms with van der Waals surface area (Å²) in [5, 5.41) is 3.12. The highest BCUT2D eigenvalue weighted by Crippen LogP contribution is 2.40. The molecule has 0 radical (unpaired) electrons. The van der Waals surface area contributed by atoms with Crippen molar-refractivity contribution in [3.63, 3.8) is 0 Å². The minimum atomic E-state index is -0.375. The van der Waals surface area contributed by atoms with Crippen molar-refractivity contribution in [2.24, 2.45) is 0 Å². The number of aryl methyl sites for hydroxylation is 1. The van der Waals surface area contributed by atoms with Gasteiger partial charge in [-0.15, -0.1) is 0 Å². The van der Waals surface area contributed by atoms with Crippen LogP contribution in [-0.4, -0.2) is 16.5 Å². The van der Waals surface area contributed by atoms with Crippen LogP contribution < -0.4 is 10.1 Å². The molecule has 2 aromatic carbocycles. The maximum Gasteiger partial charge on any atom is 0.253 e. The van der Waals surface area contributed by atoms with Crippen LogP contribution in [0.4, 0.5) is 4.39 Å². The molecule has 1 aliphatic heterocycles. The molecule has 0 saturated heterocycles. The van der Waals surface area contributed by atoms with E-state index in [2.05, 4.69) is 16.4 Å². The number of halogens is 1. The minimum absolute atomic E-state index is 0.149. The van der Waals surface area contributed by atoms with Crippen LogP contribution in [0.5, 0.6) is 5.75 Å². The molecule has 1 unspecified atom stereocenters. The van der Waals surface area contributed by atoms with E-state index in [0.717, 1.165) is 16.9 Å². The highest BCUT2D eigenvalue weighted by atomic mass is 19.1. The van der Waals surface area contributed by atoms with Crippen molar-refractivity contribution in [1.82, 2.24) is 10.3 Å². The number of amides is 1. The number of aromatic nitrogens is 1. The second-order valence-electron chi connectivity index (χ2n) is 8.08. The number of ether oxygens (including phenoxy) is 1. The van der Waals surface area contributed by atoms with Gasteiger partial charge in [-0.1, -0.05) is 29.8 Å². The van der Waals surface area contributed by atoms with Gasteiger partial charge in [0, 0.05) is 23.7 Å². The third-order valence-corrected chi connectivity index (χ3v) is 5.07. The summed E-state index contributed by atoms with van der Waals surface area (Å²) in [6.45, 7) is 6.06. The molecule has 1 aliphatic rings. The Kier molecular flexibility index (Phi) is 4.82. The van der Waals surface area contributed by atoms with Crippen molar-refractivity contribution in [3.05, 3.63) is 83.3 Å². The molecule has 0 saturated carbocycles. The summed E-state index contributed by atoms with van der Waals surface area (Å²) in [4.78, 5) is 17.2. The second kappa shape index (κ2) is 7.32. The van der Waals surface area contributed by atoms with Gasteiger partial charge >= 0.3 is 0 Å². The van der Waals surface area contributed by atoms with Crippen LogP contribution in [-0.2, 0) is 0 Å². The van der Waals surface area contributed by atoms with Crippen molar-refractivity contribution in [2.45, 2.75) is 38.8 Å². The lowest BCUT2D eigenvalue weighted by atomic mass is 9.89. The number of hydrogen-bond acceptors (Lipinski definition) is 3. The van der Waals surface area contributed by atoms with Gasteiger partial charge in [0.25, 0.3) is 5.91 Å². The molecule has 148 valence electrons. The minimum Gasteiger partial charge on any atom is -0.487 e. The normalized spacial score (nSPS) is 17.2. The van der Waals surface area contributed by atoms with E-state index in [1.54, 1.807) is 24.3 Å². The molecular formula is C24H23FN2O2. The number of pyridine rings is 1. The maximum atomic E-state index is 13.4. The van der Waals surface area contributed by atoms with Gasteiger partial charge in [-0.3, -0.25) is 9.78 Å². The molecule has 1 atom stereocenters. The molecule has 0 bridgehead atoms. The van der Waals surface area contributed by atoms with Gasteiger partial charge < -0.3 is 10.1 Å². The molecule has 1 N–H and O–H groups in total. The lowest BCUT2D eigenvalue weighted by Crippen LogP contribution is -2.41. The highest BCUT2D eigenvalue weighted by molar-refractivity contribution is 5.94. The Labute approximate surface area is 169 Å². The van der Waals surface area contributed by atoms with Crippen LogP contribution in [0, 0.1) is 12.7 Å². The van der Waals surface area contributed by atoms with Crippen LogP contribution in [0.2, 0.25) is 0 Å². The number of rotatable bonds is 3. The highest BCUT2D eigenvalue weighted by Gasteiger charge is 2.34. The standard InChI is InChI=1S/C24H23FN2O2/c1-15-7-10-22-19(11-15)21(13-24(2,3)29-22)27-23(28)17-8-9-20(26-14-17)16-5-4-6-18(25)12-16/h4-12,14,21H,13H2,1-3H3,(H,27,28). The van der Waals surface area contributed by atoms with Crippen molar-refractivity contribution < 1.29 is 13.9 Å². The van der Waals surface area contributed by atoms with E-state index in [-0.39, 0.29) is 23.4 Å². The summed E-state index contributed by atoms with van der Waals surface area (Å²) in [5.41, 5.74) is 3.49. The topological polar surface area (TPSA) is 51.2 Å². The summed E-state index contributed by atoms with van der Waals surface area (Å²) in [7, 11) is 0. The van der Waals surface area contributed by atoms with Gasteiger partial charge in [0.05, 0.1) is 17.3 Å². The van der Waals surface area contributed by atoms with Crippen molar-refractivity contribution in [1.29, 1.82) is 0 Å². The molecule has 5 heteroatoms.